The van der Waals surface area contributed by atoms with Crippen molar-refractivity contribution in [2.24, 2.45) is 0 Å². The van der Waals surface area contributed by atoms with Crippen molar-refractivity contribution in [1.82, 2.24) is 5.32 Å². The molecule has 3 amide bonds. The Bertz CT molecular complexity index is 1250. The normalized spacial score (nSPS) is 10.5. The quantitative estimate of drug-likeness (QED) is 0.352. The highest BCUT2D eigenvalue weighted by atomic mass is 35.5. The van der Waals surface area contributed by atoms with Gasteiger partial charge >= 0.3 is 6.03 Å². The molecule has 0 heterocycles. The summed E-state index contributed by atoms with van der Waals surface area (Å²) in [6.07, 6.45) is 0. The number of imide groups is 1. The van der Waals surface area contributed by atoms with Crippen LogP contribution < -0.4 is 15.4 Å². The number of non-ortho nitro benzene ring substituents is 1. The number of amides is 3. The number of ether oxygens (including phenoxy) is 1. The van der Waals surface area contributed by atoms with Crippen LogP contribution >= 0.6 is 11.6 Å². The van der Waals surface area contributed by atoms with E-state index in [9.17, 15) is 28.5 Å². The van der Waals surface area contributed by atoms with Crippen LogP contribution in [0.1, 0.15) is 21.5 Å². The van der Waals surface area contributed by atoms with Gasteiger partial charge in [-0.05, 0) is 55.3 Å². The number of urea groups is 1. The summed E-state index contributed by atoms with van der Waals surface area (Å²) in [5.74, 6) is -2.90. The number of benzene rings is 3. The van der Waals surface area contributed by atoms with Gasteiger partial charge in [0.15, 0.2) is 0 Å². The third-order valence-corrected chi connectivity index (χ3v) is 5.04. The molecule has 8 nitrogen and oxygen atoms in total. The SMILES string of the molecule is Cc1cc(NC(=O)NC(=O)c2c(F)cccc2F)c(C)c(Cl)c1Oc1ccc([N+](=O)[O-])cc1. The van der Waals surface area contributed by atoms with Gasteiger partial charge in [-0.1, -0.05) is 17.7 Å². The molecule has 0 aliphatic carbocycles. The van der Waals surface area contributed by atoms with Crippen LogP contribution in [0.25, 0.3) is 0 Å². The Hall–Kier alpha value is -4.05. The van der Waals surface area contributed by atoms with E-state index in [1.807, 2.05) is 5.32 Å². The molecule has 0 aliphatic heterocycles. The van der Waals surface area contributed by atoms with E-state index >= 15 is 0 Å². The first-order valence-corrected chi connectivity index (χ1v) is 9.74. The number of aryl methyl sites for hydroxylation is 1. The van der Waals surface area contributed by atoms with Gasteiger partial charge in [-0.25, -0.2) is 13.6 Å². The number of halogens is 3. The first-order valence-electron chi connectivity index (χ1n) is 9.36. The number of anilines is 1. The van der Waals surface area contributed by atoms with Crippen LogP contribution in [0.5, 0.6) is 11.5 Å². The maximum absolute atomic E-state index is 13.7. The minimum atomic E-state index is -1.25. The Balaban J connectivity index is 1.77. The molecule has 11 heteroatoms. The summed E-state index contributed by atoms with van der Waals surface area (Å²) < 4.78 is 33.2. The highest BCUT2D eigenvalue weighted by Crippen LogP contribution is 2.39. The molecule has 0 bridgehead atoms. The smallest absolute Gasteiger partial charge is 0.326 e. The Morgan fingerprint density at radius 3 is 2.24 bits per heavy atom. The predicted molar refractivity (Wildman–Crippen MR) is 117 cm³/mol. The summed E-state index contributed by atoms with van der Waals surface area (Å²) in [6.45, 7) is 3.23. The molecule has 0 atom stereocenters. The maximum Gasteiger partial charge on any atom is 0.326 e. The number of hydrogen-bond acceptors (Lipinski definition) is 5. The molecule has 170 valence electrons. The summed E-state index contributed by atoms with van der Waals surface area (Å²) >= 11 is 6.39. The molecule has 0 saturated carbocycles. The summed E-state index contributed by atoms with van der Waals surface area (Å²) in [4.78, 5) is 34.6. The fraction of sp³-hybridized carbons (Fsp3) is 0.0909. The van der Waals surface area contributed by atoms with Crippen molar-refractivity contribution in [2.45, 2.75) is 13.8 Å². The van der Waals surface area contributed by atoms with Crippen molar-refractivity contribution < 1.29 is 28.0 Å². The van der Waals surface area contributed by atoms with Crippen LogP contribution in [-0.4, -0.2) is 16.9 Å². The van der Waals surface area contributed by atoms with Gasteiger partial charge in [0, 0.05) is 17.8 Å². The fourth-order valence-corrected chi connectivity index (χ4v) is 3.18. The molecule has 3 aromatic rings. The second kappa shape index (κ2) is 9.61. The minimum Gasteiger partial charge on any atom is -0.456 e. The summed E-state index contributed by atoms with van der Waals surface area (Å²) in [5.41, 5.74) is 0.139. The highest BCUT2D eigenvalue weighted by Gasteiger charge is 2.21. The van der Waals surface area contributed by atoms with E-state index < -0.39 is 34.1 Å². The van der Waals surface area contributed by atoms with Crippen molar-refractivity contribution in [3.8, 4) is 11.5 Å². The number of nitro groups is 1. The van der Waals surface area contributed by atoms with Crippen LogP contribution in [0.2, 0.25) is 5.02 Å². The van der Waals surface area contributed by atoms with Gasteiger partial charge in [0.25, 0.3) is 11.6 Å². The van der Waals surface area contributed by atoms with E-state index in [1.165, 1.54) is 30.3 Å². The number of nitrogens with one attached hydrogen (secondary N) is 2. The lowest BCUT2D eigenvalue weighted by Gasteiger charge is -2.17. The van der Waals surface area contributed by atoms with E-state index in [-0.39, 0.29) is 22.1 Å². The lowest BCUT2D eigenvalue weighted by molar-refractivity contribution is -0.384. The number of carbonyl (C=O) groups excluding carboxylic acids is 2. The van der Waals surface area contributed by atoms with Crippen LogP contribution in [0.3, 0.4) is 0 Å². The van der Waals surface area contributed by atoms with Crippen LogP contribution in [-0.2, 0) is 0 Å². The molecular formula is C22H16ClF2N3O5. The molecule has 0 aliphatic rings. The summed E-state index contributed by atoms with van der Waals surface area (Å²) in [6, 6.07) is 8.77. The first-order chi connectivity index (χ1) is 15.6. The zero-order chi connectivity index (χ0) is 24.3. The molecule has 3 rings (SSSR count). The van der Waals surface area contributed by atoms with Gasteiger partial charge in [0.2, 0.25) is 0 Å². The molecule has 0 aromatic heterocycles. The topological polar surface area (TPSA) is 111 Å². The number of rotatable bonds is 5. The number of nitro benzene ring substituents is 1. The standard InChI is InChI=1S/C22H16ClF2N3O5/c1-11-10-17(26-22(30)27-21(29)18-15(24)4-3-5-16(18)25)12(2)19(23)20(11)33-14-8-6-13(7-9-14)28(31)32/h3-10H,1-2H3,(H2,26,27,29,30). The zero-order valence-electron chi connectivity index (χ0n) is 17.2. The van der Waals surface area contributed by atoms with Crippen LogP contribution in [0.4, 0.5) is 25.0 Å². The van der Waals surface area contributed by atoms with Crippen LogP contribution in [0, 0.1) is 35.6 Å². The van der Waals surface area contributed by atoms with Gasteiger partial charge in [-0.2, -0.15) is 0 Å². The summed E-state index contributed by atoms with van der Waals surface area (Å²) in [5, 5.41) is 15.2. The molecule has 0 saturated heterocycles. The molecule has 0 unspecified atom stereocenters. The van der Waals surface area contributed by atoms with Crippen molar-refractivity contribution in [3.05, 3.63) is 92.0 Å². The average molecular weight is 476 g/mol. The zero-order valence-corrected chi connectivity index (χ0v) is 18.0. The monoisotopic (exact) mass is 475 g/mol. The highest BCUT2D eigenvalue weighted by molar-refractivity contribution is 6.33. The van der Waals surface area contributed by atoms with Crippen molar-refractivity contribution in [3.63, 3.8) is 0 Å². The van der Waals surface area contributed by atoms with E-state index in [4.69, 9.17) is 16.3 Å². The Labute approximate surface area is 191 Å². The van der Waals surface area contributed by atoms with Gasteiger partial charge in [0.1, 0.15) is 28.7 Å². The second-order valence-electron chi connectivity index (χ2n) is 6.87. The third kappa shape index (κ3) is 5.24. The van der Waals surface area contributed by atoms with Crippen LogP contribution in [0.15, 0.2) is 48.5 Å². The molecule has 33 heavy (non-hydrogen) atoms. The molecule has 2 N–H and O–H groups in total. The molecule has 0 radical (unpaired) electrons. The van der Waals surface area contributed by atoms with Gasteiger partial charge in [0.05, 0.1) is 9.95 Å². The van der Waals surface area contributed by atoms with E-state index in [1.54, 1.807) is 13.8 Å². The maximum atomic E-state index is 13.7. The van der Waals surface area contributed by atoms with E-state index in [0.717, 1.165) is 18.2 Å². The Morgan fingerprint density at radius 1 is 1.06 bits per heavy atom. The van der Waals surface area contributed by atoms with Crippen molar-refractivity contribution in [2.75, 3.05) is 5.32 Å². The van der Waals surface area contributed by atoms with Gasteiger partial charge < -0.3 is 10.1 Å². The molecule has 0 fully saturated rings. The minimum absolute atomic E-state index is 0.100. The first kappa shape index (κ1) is 23.6. The third-order valence-electron chi connectivity index (χ3n) is 4.58. The van der Waals surface area contributed by atoms with Gasteiger partial charge in [-0.3, -0.25) is 20.2 Å². The average Bonchev–Trinajstić information content (AvgIpc) is 2.75. The largest absolute Gasteiger partial charge is 0.456 e. The molecule has 0 spiro atoms. The number of hydrogen-bond donors (Lipinski definition) is 2. The molecular weight excluding hydrogens is 460 g/mol. The van der Waals surface area contributed by atoms with Crippen molar-refractivity contribution >= 4 is 34.9 Å². The summed E-state index contributed by atoms with van der Waals surface area (Å²) in [7, 11) is 0. The predicted octanol–water partition coefficient (Wildman–Crippen LogP) is 5.90. The Morgan fingerprint density at radius 2 is 1.67 bits per heavy atom. The van der Waals surface area contributed by atoms with E-state index in [0.29, 0.717) is 16.9 Å². The fourth-order valence-electron chi connectivity index (χ4n) is 2.89. The lowest BCUT2D eigenvalue weighted by Crippen LogP contribution is -2.35. The van der Waals surface area contributed by atoms with E-state index in [2.05, 4.69) is 5.32 Å². The second-order valence-corrected chi connectivity index (χ2v) is 7.25. The van der Waals surface area contributed by atoms with Crippen molar-refractivity contribution in [1.29, 1.82) is 0 Å². The molecule has 3 aromatic carbocycles. The Kier molecular flexibility index (Phi) is 6.88. The number of nitrogens with zero attached hydrogens (tertiary/aromatic N) is 1. The van der Waals surface area contributed by atoms with Gasteiger partial charge in [-0.15, -0.1) is 0 Å². The number of carbonyl (C=O) groups is 2. The lowest BCUT2D eigenvalue weighted by atomic mass is 10.1.